The van der Waals surface area contributed by atoms with Gasteiger partial charge in [-0.05, 0) is 31.1 Å². The summed E-state index contributed by atoms with van der Waals surface area (Å²) in [5, 5.41) is 5.79. The third kappa shape index (κ3) is 7.86. The van der Waals surface area contributed by atoms with Crippen LogP contribution in [0.15, 0.2) is 0 Å². The highest BCUT2D eigenvalue weighted by atomic mass is 16.2. The van der Waals surface area contributed by atoms with Gasteiger partial charge in [-0.3, -0.25) is 9.59 Å². The molecule has 0 aliphatic heterocycles. The second-order valence-corrected chi connectivity index (χ2v) is 6.98. The van der Waals surface area contributed by atoms with Crippen LogP contribution in [0.3, 0.4) is 0 Å². The van der Waals surface area contributed by atoms with Gasteiger partial charge in [-0.15, -0.1) is 0 Å². The number of carbonyl (C=O) groups is 2. The van der Waals surface area contributed by atoms with Crippen molar-refractivity contribution in [3.63, 3.8) is 0 Å². The van der Waals surface area contributed by atoms with Crippen LogP contribution < -0.4 is 10.6 Å². The maximum absolute atomic E-state index is 12.2. The van der Waals surface area contributed by atoms with Crippen LogP contribution in [0.4, 0.5) is 0 Å². The Bertz CT molecular complexity index is 342. The van der Waals surface area contributed by atoms with Gasteiger partial charge in [0, 0.05) is 5.92 Å². The lowest BCUT2D eigenvalue weighted by atomic mass is 9.86. The first-order valence-corrected chi connectivity index (χ1v) is 9.10. The molecule has 5 heteroatoms. The van der Waals surface area contributed by atoms with Gasteiger partial charge in [0.25, 0.3) is 0 Å². The van der Waals surface area contributed by atoms with Crippen molar-refractivity contribution in [2.24, 2.45) is 11.8 Å². The summed E-state index contributed by atoms with van der Waals surface area (Å²) in [6.07, 6.45) is 10.1. The normalized spacial score (nSPS) is 19.5. The second-order valence-electron chi connectivity index (χ2n) is 6.98. The van der Waals surface area contributed by atoms with Crippen molar-refractivity contribution in [1.29, 1.82) is 0 Å². The Balaban J connectivity index is 2.25. The fourth-order valence-corrected chi connectivity index (χ4v) is 3.19. The topological polar surface area (TPSA) is 58.2 Å². The molecule has 0 aromatic heterocycles. The van der Waals surface area contributed by atoms with Crippen LogP contribution >= 0.6 is 0 Å². The first kappa shape index (κ1) is 19.1. The molecule has 1 aliphatic carbocycles. The summed E-state index contributed by atoms with van der Waals surface area (Å²) < 4.78 is 0. The molecule has 0 aromatic rings. The van der Waals surface area contributed by atoms with Gasteiger partial charge in [-0.25, -0.2) is 0 Å². The minimum atomic E-state index is -0.0741. The highest BCUT2D eigenvalue weighted by molar-refractivity contribution is 6.13. The molecular weight excluding hydrogens is 275 g/mol. The Hall–Kier alpha value is -0.995. The number of amides is 2. The number of hydrogen-bond acceptors (Lipinski definition) is 2. The largest absolute Gasteiger partial charge is 0.360 e. The molecule has 0 aromatic carbocycles. The summed E-state index contributed by atoms with van der Waals surface area (Å²) in [6.45, 7) is 4.47. The quantitative estimate of drug-likeness (QED) is 0.707. The van der Waals surface area contributed by atoms with Gasteiger partial charge >= 0.3 is 0 Å². The molecule has 1 fully saturated rings. The Morgan fingerprint density at radius 3 is 2.32 bits per heavy atom. The van der Waals surface area contributed by atoms with E-state index in [9.17, 15) is 9.59 Å². The van der Waals surface area contributed by atoms with Crippen LogP contribution in [0, 0.1) is 11.8 Å². The zero-order valence-corrected chi connectivity index (χ0v) is 14.6. The van der Waals surface area contributed by atoms with E-state index in [1.807, 2.05) is 7.85 Å². The maximum Gasteiger partial charge on any atom is 0.238 e. The molecule has 0 bridgehead atoms. The monoisotopic (exact) mass is 308 g/mol. The van der Waals surface area contributed by atoms with Gasteiger partial charge in [-0.1, -0.05) is 52.4 Å². The third-order valence-electron chi connectivity index (χ3n) is 4.76. The van der Waals surface area contributed by atoms with Crippen molar-refractivity contribution < 1.29 is 9.59 Å². The Morgan fingerprint density at radius 2 is 1.73 bits per heavy atom. The van der Waals surface area contributed by atoms with Crippen LogP contribution in [0.2, 0.25) is 0 Å². The molecule has 2 amide bonds. The molecule has 1 saturated carbocycles. The third-order valence-corrected chi connectivity index (χ3v) is 4.76. The highest BCUT2D eigenvalue weighted by Crippen LogP contribution is 2.22. The molecule has 1 aliphatic rings. The molecule has 0 spiro atoms. The summed E-state index contributed by atoms with van der Waals surface area (Å²) >= 11 is 0. The van der Waals surface area contributed by atoms with Gasteiger partial charge < -0.3 is 10.6 Å². The number of carbonyl (C=O) groups excluding carboxylic acids is 2. The van der Waals surface area contributed by atoms with E-state index >= 15 is 0 Å². The number of nitrogens with one attached hydrogen (secondary N) is 2. The van der Waals surface area contributed by atoms with E-state index in [4.69, 9.17) is 0 Å². The van der Waals surface area contributed by atoms with E-state index < -0.39 is 0 Å². The van der Waals surface area contributed by atoms with Crippen LogP contribution in [0.1, 0.15) is 71.6 Å². The molecule has 4 nitrogen and oxygen atoms in total. The molecule has 0 saturated heterocycles. The first-order chi connectivity index (χ1) is 10.5. The Morgan fingerprint density at radius 1 is 1.14 bits per heavy atom. The van der Waals surface area contributed by atoms with Crippen LogP contribution in [-0.4, -0.2) is 32.1 Å². The zero-order chi connectivity index (χ0) is 16.4. The SMILES string of the molecule is B[C@H](CC(C)CC)NC(=O)CNC(=O)C1CCCCCCC1. The summed E-state index contributed by atoms with van der Waals surface area (Å²) in [4.78, 5) is 24.1. The van der Waals surface area contributed by atoms with E-state index in [1.54, 1.807) is 0 Å². The lowest BCUT2D eigenvalue weighted by Crippen LogP contribution is -2.44. The van der Waals surface area contributed by atoms with Crippen molar-refractivity contribution in [2.45, 2.75) is 77.6 Å². The van der Waals surface area contributed by atoms with E-state index in [-0.39, 0.29) is 30.2 Å². The molecule has 0 heterocycles. The van der Waals surface area contributed by atoms with Gasteiger partial charge in [-0.2, -0.15) is 0 Å². The Kier molecular flexibility index (Phi) is 9.25. The molecule has 2 N–H and O–H groups in total. The van der Waals surface area contributed by atoms with E-state index in [0.29, 0.717) is 5.92 Å². The minimum Gasteiger partial charge on any atom is -0.360 e. The first-order valence-electron chi connectivity index (χ1n) is 9.10. The molecular formula is C17H33BN2O2. The summed E-state index contributed by atoms with van der Waals surface area (Å²) in [5.41, 5.74) is 0. The summed E-state index contributed by atoms with van der Waals surface area (Å²) in [5.74, 6) is 0.868. The van der Waals surface area contributed by atoms with E-state index in [0.717, 1.165) is 38.5 Å². The van der Waals surface area contributed by atoms with Crippen molar-refractivity contribution in [3.8, 4) is 0 Å². The van der Waals surface area contributed by atoms with E-state index in [2.05, 4.69) is 24.5 Å². The summed E-state index contributed by atoms with van der Waals surface area (Å²) in [7, 11) is 2.03. The lowest BCUT2D eigenvalue weighted by molar-refractivity contribution is -0.129. The van der Waals surface area contributed by atoms with Gasteiger partial charge in [0.15, 0.2) is 0 Å². The molecule has 2 atom stereocenters. The molecule has 1 unspecified atom stereocenters. The predicted octanol–water partition coefficient (Wildman–Crippen LogP) is 1.97. The van der Waals surface area contributed by atoms with Gasteiger partial charge in [0.1, 0.15) is 7.85 Å². The van der Waals surface area contributed by atoms with Gasteiger partial charge in [0.2, 0.25) is 11.8 Å². The fourth-order valence-electron chi connectivity index (χ4n) is 3.19. The van der Waals surface area contributed by atoms with Crippen molar-refractivity contribution in [2.75, 3.05) is 6.54 Å². The van der Waals surface area contributed by atoms with Crippen molar-refractivity contribution in [1.82, 2.24) is 10.6 Å². The zero-order valence-electron chi connectivity index (χ0n) is 14.6. The summed E-state index contributed by atoms with van der Waals surface area (Å²) in [6, 6.07) is 0. The van der Waals surface area contributed by atoms with Crippen LogP contribution in [0.25, 0.3) is 0 Å². The molecule has 0 radical (unpaired) electrons. The smallest absolute Gasteiger partial charge is 0.238 e. The van der Waals surface area contributed by atoms with Crippen LogP contribution in [-0.2, 0) is 9.59 Å². The number of rotatable bonds is 7. The van der Waals surface area contributed by atoms with Crippen molar-refractivity contribution in [3.05, 3.63) is 0 Å². The number of hydrogen-bond donors (Lipinski definition) is 2. The van der Waals surface area contributed by atoms with Crippen molar-refractivity contribution >= 4 is 19.7 Å². The van der Waals surface area contributed by atoms with Gasteiger partial charge in [0.05, 0.1) is 6.54 Å². The molecule has 22 heavy (non-hydrogen) atoms. The minimum absolute atomic E-state index is 0.0617. The second kappa shape index (κ2) is 10.7. The highest BCUT2D eigenvalue weighted by Gasteiger charge is 2.20. The average Bonchev–Trinajstić information content (AvgIpc) is 2.44. The maximum atomic E-state index is 12.2. The molecule has 126 valence electrons. The predicted molar refractivity (Wildman–Crippen MR) is 93.4 cm³/mol. The van der Waals surface area contributed by atoms with Crippen LogP contribution in [0.5, 0.6) is 0 Å². The van der Waals surface area contributed by atoms with E-state index in [1.165, 1.54) is 19.3 Å². The fraction of sp³-hybridized carbons (Fsp3) is 0.882. The average molecular weight is 308 g/mol. The molecule has 1 rings (SSSR count). The standard InChI is InChI=1S/C17H33BN2O2/c1-3-13(2)11-15(18)20-16(21)12-19-17(22)14-9-7-5-4-6-8-10-14/h13-15H,3-12,18H2,1-2H3,(H,19,22)(H,20,21)/t13?,15-/m0/s1. The Labute approximate surface area is 136 Å². The lowest BCUT2D eigenvalue weighted by Gasteiger charge is -2.20.